The average molecular weight is 281 g/mol. The Morgan fingerprint density at radius 1 is 1.50 bits per heavy atom. The molecule has 0 amide bonds. The van der Waals surface area contributed by atoms with E-state index in [2.05, 4.69) is 0 Å². The van der Waals surface area contributed by atoms with Crippen LogP contribution < -0.4 is 0 Å². The minimum atomic E-state index is -0.533. The number of Topliss-reactive ketones (excluding diaryl/α,β-unsaturated/α-hetero) is 1. The first-order valence-electron chi connectivity index (χ1n) is 6.81. The number of carbonyl (C=O) groups is 1. The molecule has 0 aliphatic carbocycles. The lowest BCUT2D eigenvalue weighted by Gasteiger charge is -2.34. The van der Waals surface area contributed by atoms with Gasteiger partial charge in [0.1, 0.15) is 11.6 Å². The molecule has 1 aromatic rings. The monoisotopic (exact) mass is 281 g/mol. The molecule has 2 N–H and O–H groups in total. The second kappa shape index (κ2) is 5.89. The van der Waals surface area contributed by atoms with Crippen LogP contribution in [0.1, 0.15) is 36.2 Å². The van der Waals surface area contributed by atoms with E-state index >= 15 is 0 Å². The third-order valence-electron chi connectivity index (χ3n) is 3.93. The molecule has 2 atom stereocenters. The van der Waals surface area contributed by atoms with Crippen LogP contribution >= 0.6 is 0 Å². The zero-order valence-electron chi connectivity index (χ0n) is 11.8. The van der Waals surface area contributed by atoms with Gasteiger partial charge >= 0.3 is 0 Å². The Kier molecular flexibility index (Phi) is 4.40. The standard InChI is InChI=1S/C15H20FNO3/c1-9-3-4-17(8-14(9)19)7-11-5-12(16)6-13(10(2)18)15(11)20/h5-6,9,14,19-20H,3-4,7-8H2,1-2H3. The fraction of sp³-hybridized carbons (Fsp3) is 0.533. The smallest absolute Gasteiger partial charge is 0.163 e. The highest BCUT2D eigenvalue weighted by Gasteiger charge is 2.25. The van der Waals surface area contributed by atoms with Crippen LogP contribution in [0.2, 0.25) is 0 Å². The SMILES string of the molecule is CC(=O)c1cc(F)cc(CN2CCC(C)C(O)C2)c1O. The first-order chi connectivity index (χ1) is 9.38. The molecule has 2 unspecified atom stereocenters. The van der Waals surface area contributed by atoms with E-state index in [1.165, 1.54) is 13.0 Å². The van der Waals surface area contributed by atoms with Gasteiger partial charge in [0.15, 0.2) is 5.78 Å². The molecule has 1 aromatic carbocycles. The number of phenols is 1. The van der Waals surface area contributed by atoms with Gasteiger partial charge in [0.2, 0.25) is 0 Å². The number of likely N-dealkylation sites (tertiary alicyclic amines) is 1. The third-order valence-corrected chi connectivity index (χ3v) is 3.93. The molecule has 5 heteroatoms. The number of hydrogen-bond acceptors (Lipinski definition) is 4. The van der Waals surface area contributed by atoms with Gasteiger partial charge in [-0.15, -0.1) is 0 Å². The zero-order chi connectivity index (χ0) is 14.9. The molecule has 1 saturated heterocycles. The van der Waals surface area contributed by atoms with Crippen molar-refractivity contribution in [1.82, 2.24) is 4.90 Å². The number of hydrogen-bond donors (Lipinski definition) is 2. The second-order valence-corrected chi connectivity index (χ2v) is 5.59. The number of piperidine rings is 1. The summed E-state index contributed by atoms with van der Waals surface area (Å²) < 4.78 is 13.5. The predicted octanol–water partition coefficient (Wildman–Crippen LogP) is 1.94. The summed E-state index contributed by atoms with van der Waals surface area (Å²) in [7, 11) is 0. The largest absolute Gasteiger partial charge is 0.507 e. The van der Waals surface area contributed by atoms with E-state index < -0.39 is 11.9 Å². The lowest BCUT2D eigenvalue weighted by atomic mass is 9.95. The fourth-order valence-corrected chi connectivity index (χ4v) is 2.54. The number of nitrogens with zero attached hydrogens (tertiary/aromatic N) is 1. The number of halogens is 1. The number of aliphatic hydroxyl groups is 1. The van der Waals surface area contributed by atoms with Gasteiger partial charge in [-0.3, -0.25) is 9.69 Å². The molecule has 0 saturated carbocycles. The van der Waals surface area contributed by atoms with Crippen molar-refractivity contribution in [1.29, 1.82) is 0 Å². The molecule has 0 radical (unpaired) electrons. The summed E-state index contributed by atoms with van der Waals surface area (Å²) in [6.07, 6.45) is 0.448. The quantitative estimate of drug-likeness (QED) is 0.831. The van der Waals surface area contributed by atoms with E-state index in [0.717, 1.165) is 19.0 Å². The number of β-amino-alcohol motifs (C(OH)–C–C–N with tert-alkyl or cyclic N) is 1. The number of aromatic hydroxyl groups is 1. The maximum Gasteiger partial charge on any atom is 0.163 e. The van der Waals surface area contributed by atoms with Gasteiger partial charge in [-0.1, -0.05) is 6.92 Å². The summed E-state index contributed by atoms with van der Waals surface area (Å²) >= 11 is 0. The molecule has 0 spiro atoms. The van der Waals surface area contributed by atoms with Crippen molar-refractivity contribution >= 4 is 5.78 Å². The fourth-order valence-electron chi connectivity index (χ4n) is 2.54. The maximum absolute atomic E-state index is 13.5. The lowest BCUT2D eigenvalue weighted by Crippen LogP contribution is -2.42. The Labute approximate surface area is 117 Å². The minimum absolute atomic E-state index is 0.00549. The Morgan fingerprint density at radius 2 is 2.20 bits per heavy atom. The van der Waals surface area contributed by atoms with E-state index in [1.54, 1.807) is 0 Å². The van der Waals surface area contributed by atoms with Crippen LogP contribution in [0.3, 0.4) is 0 Å². The molecule has 0 aromatic heterocycles. The summed E-state index contributed by atoms with van der Waals surface area (Å²) in [5, 5.41) is 19.9. The molecule has 0 bridgehead atoms. The highest BCUT2D eigenvalue weighted by atomic mass is 19.1. The Hall–Kier alpha value is -1.46. The van der Waals surface area contributed by atoms with E-state index in [-0.39, 0.29) is 23.0 Å². The number of ketones is 1. The second-order valence-electron chi connectivity index (χ2n) is 5.59. The predicted molar refractivity (Wildman–Crippen MR) is 73.1 cm³/mol. The summed E-state index contributed by atoms with van der Waals surface area (Å²) in [5.74, 6) is -0.809. The van der Waals surface area contributed by atoms with E-state index in [4.69, 9.17) is 0 Å². The first-order valence-corrected chi connectivity index (χ1v) is 6.81. The topological polar surface area (TPSA) is 60.8 Å². The van der Waals surface area contributed by atoms with Gasteiger partial charge in [-0.25, -0.2) is 4.39 Å². The molecule has 2 rings (SSSR count). The number of benzene rings is 1. The van der Waals surface area contributed by atoms with Gasteiger partial charge in [0.25, 0.3) is 0 Å². The summed E-state index contributed by atoms with van der Waals surface area (Å²) in [4.78, 5) is 13.3. The molecular formula is C15H20FNO3. The van der Waals surface area contributed by atoms with Gasteiger partial charge in [0, 0.05) is 18.7 Å². The highest BCUT2D eigenvalue weighted by molar-refractivity contribution is 5.97. The Balaban J connectivity index is 2.19. The van der Waals surface area contributed by atoms with Crippen LogP contribution in [0.4, 0.5) is 4.39 Å². The molecule has 110 valence electrons. The summed E-state index contributed by atoms with van der Waals surface area (Å²) in [5.41, 5.74) is 0.392. The van der Waals surface area contributed by atoms with Crippen molar-refractivity contribution in [3.05, 3.63) is 29.1 Å². The molecule has 1 aliphatic rings. The zero-order valence-corrected chi connectivity index (χ0v) is 11.8. The molecule has 1 heterocycles. The molecule has 4 nitrogen and oxygen atoms in total. The van der Waals surface area contributed by atoms with Crippen molar-refractivity contribution in [3.63, 3.8) is 0 Å². The van der Waals surface area contributed by atoms with Crippen LogP contribution in [-0.2, 0) is 6.54 Å². The van der Waals surface area contributed by atoms with E-state index in [0.29, 0.717) is 18.7 Å². The van der Waals surface area contributed by atoms with Crippen LogP contribution in [0.15, 0.2) is 12.1 Å². The van der Waals surface area contributed by atoms with Crippen molar-refractivity contribution < 1.29 is 19.4 Å². The number of aliphatic hydroxyl groups excluding tert-OH is 1. The minimum Gasteiger partial charge on any atom is -0.507 e. The normalized spacial score (nSPS) is 23.8. The van der Waals surface area contributed by atoms with Crippen LogP contribution in [0, 0.1) is 11.7 Å². The molecule has 1 aliphatic heterocycles. The maximum atomic E-state index is 13.5. The number of rotatable bonds is 3. The van der Waals surface area contributed by atoms with Crippen LogP contribution in [-0.4, -0.2) is 40.1 Å². The van der Waals surface area contributed by atoms with Gasteiger partial charge < -0.3 is 10.2 Å². The highest BCUT2D eigenvalue weighted by Crippen LogP contribution is 2.27. The van der Waals surface area contributed by atoms with Gasteiger partial charge in [0.05, 0.1) is 11.7 Å². The third kappa shape index (κ3) is 3.16. The van der Waals surface area contributed by atoms with Crippen molar-refractivity contribution in [2.24, 2.45) is 5.92 Å². The van der Waals surface area contributed by atoms with Crippen molar-refractivity contribution in [2.75, 3.05) is 13.1 Å². The first kappa shape index (κ1) is 14.9. The average Bonchev–Trinajstić information content (AvgIpc) is 2.37. The van der Waals surface area contributed by atoms with Crippen molar-refractivity contribution in [2.45, 2.75) is 32.9 Å². The van der Waals surface area contributed by atoms with Gasteiger partial charge in [-0.2, -0.15) is 0 Å². The summed E-state index contributed by atoms with van der Waals surface area (Å²) in [6, 6.07) is 2.29. The van der Waals surface area contributed by atoms with Crippen LogP contribution in [0.5, 0.6) is 5.75 Å². The lowest BCUT2D eigenvalue weighted by molar-refractivity contribution is 0.0256. The molecular weight excluding hydrogens is 261 g/mol. The van der Waals surface area contributed by atoms with E-state index in [1.807, 2.05) is 11.8 Å². The van der Waals surface area contributed by atoms with E-state index in [9.17, 15) is 19.4 Å². The summed E-state index contributed by atoms with van der Waals surface area (Å²) in [6.45, 7) is 4.89. The van der Waals surface area contributed by atoms with Gasteiger partial charge in [-0.05, 0) is 37.9 Å². The molecule has 20 heavy (non-hydrogen) atoms. The van der Waals surface area contributed by atoms with Crippen LogP contribution in [0.25, 0.3) is 0 Å². The van der Waals surface area contributed by atoms with Crippen molar-refractivity contribution in [3.8, 4) is 5.75 Å². The Bertz CT molecular complexity index is 518. The number of carbonyl (C=O) groups excluding carboxylic acids is 1. The molecule has 1 fully saturated rings. The Morgan fingerprint density at radius 3 is 2.80 bits per heavy atom. The number of phenolic OH excluding ortho intramolecular Hbond substituents is 1.